The molecule has 2 aromatic carbocycles. The molecule has 1 unspecified atom stereocenters. The van der Waals surface area contributed by atoms with Gasteiger partial charge in [-0.05, 0) is 38.6 Å². The predicted octanol–water partition coefficient (Wildman–Crippen LogP) is 3.40. The third kappa shape index (κ3) is 3.04. The van der Waals surface area contributed by atoms with Gasteiger partial charge in [0.2, 0.25) is 0 Å². The summed E-state index contributed by atoms with van der Waals surface area (Å²) in [4.78, 5) is 14.4. The summed E-state index contributed by atoms with van der Waals surface area (Å²) in [6.07, 6.45) is 0.517. The van der Waals surface area contributed by atoms with Gasteiger partial charge in [0.1, 0.15) is 5.41 Å². The van der Waals surface area contributed by atoms with E-state index in [-0.39, 0.29) is 6.04 Å². The molecule has 0 aliphatic rings. The molecular weight excluding hydrogens is 274 g/mol. The van der Waals surface area contributed by atoms with Crippen molar-refractivity contribution in [3.63, 3.8) is 0 Å². The summed E-state index contributed by atoms with van der Waals surface area (Å²) in [6.45, 7) is 2.06. The number of carboxylic acids is 1. The van der Waals surface area contributed by atoms with Gasteiger partial charge in [0, 0.05) is 6.04 Å². The lowest BCUT2D eigenvalue weighted by Crippen LogP contribution is -2.43. The second-order valence-electron chi connectivity index (χ2n) is 5.96. The molecule has 116 valence electrons. The summed E-state index contributed by atoms with van der Waals surface area (Å²) < 4.78 is 0. The number of hydrogen-bond donors (Lipinski definition) is 1. The van der Waals surface area contributed by atoms with Gasteiger partial charge in [-0.3, -0.25) is 4.79 Å². The van der Waals surface area contributed by atoms with Gasteiger partial charge in [0.25, 0.3) is 0 Å². The standard InChI is InChI=1S/C19H23NO2/c1-15(20(2)3)14-19(18(21)22,16-10-6-4-7-11-16)17-12-8-5-9-13-17/h4-13,15H,14H2,1-3H3,(H,21,22). The number of carboxylic acid groups (broad SMARTS) is 1. The zero-order valence-electron chi connectivity index (χ0n) is 13.4. The van der Waals surface area contributed by atoms with Crippen LogP contribution in [0.5, 0.6) is 0 Å². The maximum atomic E-state index is 12.4. The SMILES string of the molecule is CC(CC(C(=O)O)(c1ccccc1)c1ccccc1)N(C)C. The van der Waals surface area contributed by atoms with Crippen LogP contribution in [0, 0.1) is 0 Å². The van der Waals surface area contributed by atoms with E-state index in [1.165, 1.54) is 0 Å². The molecule has 0 radical (unpaired) electrons. The monoisotopic (exact) mass is 297 g/mol. The molecule has 0 aliphatic carbocycles. The molecule has 3 nitrogen and oxygen atoms in total. The summed E-state index contributed by atoms with van der Waals surface area (Å²) in [5.41, 5.74) is 0.608. The first-order valence-electron chi connectivity index (χ1n) is 7.49. The van der Waals surface area contributed by atoms with Gasteiger partial charge in [0.15, 0.2) is 0 Å². The molecule has 0 spiro atoms. The zero-order chi connectivity index (χ0) is 16.2. The van der Waals surface area contributed by atoms with Crippen LogP contribution in [0.15, 0.2) is 60.7 Å². The summed E-state index contributed by atoms with van der Waals surface area (Å²) in [6, 6.07) is 19.2. The Morgan fingerprint density at radius 1 is 1.00 bits per heavy atom. The Kier molecular flexibility index (Phi) is 4.99. The summed E-state index contributed by atoms with van der Waals surface area (Å²) >= 11 is 0. The number of carbonyl (C=O) groups is 1. The number of rotatable bonds is 6. The van der Waals surface area contributed by atoms with Crippen LogP contribution in [0.25, 0.3) is 0 Å². The Hall–Kier alpha value is -2.13. The lowest BCUT2D eigenvalue weighted by atomic mass is 9.70. The lowest BCUT2D eigenvalue weighted by molar-refractivity contribution is -0.142. The molecule has 1 atom stereocenters. The minimum Gasteiger partial charge on any atom is -0.480 e. The smallest absolute Gasteiger partial charge is 0.318 e. The minimum absolute atomic E-state index is 0.136. The van der Waals surface area contributed by atoms with Crippen LogP contribution >= 0.6 is 0 Å². The third-order valence-corrected chi connectivity index (χ3v) is 4.38. The van der Waals surface area contributed by atoms with Crippen molar-refractivity contribution >= 4 is 5.97 Å². The van der Waals surface area contributed by atoms with E-state index in [0.29, 0.717) is 6.42 Å². The Labute approximate surface area is 132 Å². The van der Waals surface area contributed by atoms with E-state index in [2.05, 4.69) is 11.8 Å². The van der Waals surface area contributed by atoms with Crippen molar-refractivity contribution < 1.29 is 9.90 Å². The topological polar surface area (TPSA) is 40.5 Å². The molecule has 22 heavy (non-hydrogen) atoms. The highest BCUT2D eigenvalue weighted by Crippen LogP contribution is 2.37. The van der Waals surface area contributed by atoms with Crippen LogP contribution in [0.1, 0.15) is 24.5 Å². The molecule has 0 bridgehead atoms. The first-order chi connectivity index (χ1) is 10.5. The van der Waals surface area contributed by atoms with Crippen LogP contribution in [0.4, 0.5) is 0 Å². The third-order valence-electron chi connectivity index (χ3n) is 4.38. The van der Waals surface area contributed by atoms with Gasteiger partial charge < -0.3 is 10.0 Å². The first-order valence-corrected chi connectivity index (χ1v) is 7.49. The van der Waals surface area contributed by atoms with Gasteiger partial charge in [-0.1, -0.05) is 60.7 Å². The lowest BCUT2D eigenvalue weighted by Gasteiger charge is -2.35. The maximum absolute atomic E-state index is 12.4. The van der Waals surface area contributed by atoms with E-state index in [9.17, 15) is 9.90 Å². The molecule has 1 N–H and O–H groups in total. The average Bonchev–Trinajstić information content (AvgIpc) is 2.53. The molecule has 0 aromatic heterocycles. The normalized spacial score (nSPS) is 13.1. The molecule has 2 aromatic rings. The Morgan fingerprint density at radius 3 is 1.73 bits per heavy atom. The van der Waals surface area contributed by atoms with E-state index in [1.807, 2.05) is 74.8 Å². The highest BCUT2D eigenvalue weighted by atomic mass is 16.4. The highest BCUT2D eigenvalue weighted by Gasteiger charge is 2.43. The van der Waals surface area contributed by atoms with Crippen LogP contribution in [0.2, 0.25) is 0 Å². The molecule has 0 saturated heterocycles. The van der Waals surface area contributed by atoms with Crippen LogP contribution < -0.4 is 0 Å². The van der Waals surface area contributed by atoms with E-state index in [0.717, 1.165) is 11.1 Å². The molecule has 2 rings (SSSR count). The summed E-state index contributed by atoms with van der Waals surface area (Å²) in [5.74, 6) is -0.807. The van der Waals surface area contributed by atoms with E-state index in [4.69, 9.17) is 0 Å². The van der Waals surface area contributed by atoms with Crippen molar-refractivity contribution in [3.05, 3.63) is 71.8 Å². The van der Waals surface area contributed by atoms with E-state index >= 15 is 0 Å². The van der Waals surface area contributed by atoms with Crippen molar-refractivity contribution in [1.82, 2.24) is 4.90 Å². The van der Waals surface area contributed by atoms with Gasteiger partial charge in [-0.2, -0.15) is 0 Å². The quantitative estimate of drug-likeness (QED) is 0.888. The van der Waals surface area contributed by atoms with Gasteiger partial charge >= 0.3 is 5.97 Å². The fourth-order valence-electron chi connectivity index (χ4n) is 2.81. The molecule has 0 heterocycles. The first kappa shape index (κ1) is 16.2. The molecule has 0 saturated carbocycles. The minimum atomic E-state index is -1.04. The fourth-order valence-corrected chi connectivity index (χ4v) is 2.81. The second-order valence-corrected chi connectivity index (χ2v) is 5.96. The van der Waals surface area contributed by atoms with Crippen molar-refractivity contribution in [1.29, 1.82) is 0 Å². The number of nitrogens with zero attached hydrogens (tertiary/aromatic N) is 1. The zero-order valence-corrected chi connectivity index (χ0v) is 13.4. The van der Waals surface area contributed by atoms with Crippen LogP contribution in [-0.4, -0.2) is 36.1 Å². The Bertz CT molecular complexity index is 568. The molecule has 0 aliphatic heterocycles. The predicted molar refractivity (Wildman–Crippen MR) is 89.1 cm³/mol. The largest absolute Gasteiger partial charge is 0.480 e. The fraction of sp³-hybridized carbons (Fsp3) is 0.316. The Balaban J connectivity index is 2.63. The summed E-state index contributed by atoms with van der Waals surface area (Å²) in [5, 5.41) is 10.1. The number of aliphatic carboxylic acids is 1. The molecular formula is C19H23NO2. The molecule has 3 heteroatoms. The summed E-state index contributed by atoms with van der Waals surface area (Å²) in [7, 11) is 3.96. The molecule has 0 amide bonds. The van der Waals surface area contributed by atoms with E-state index in [1.54, 1.807) is 0 Å². The van der Waals surface area contributed by atoms with Crippen LogP contribution in [-0.2, 0) is 10.2 Å². The van der Waals surface area contributed by atoms with Gasteiger partial charge in [-0.15, -0.1) is 0 Å². The molecule has 0 fully saturated rings. The van der Waals surface area contributed by atoms with Gasteiger partial charge in [0.05, 0.1) is 0 Å². The van der Waals surface area contributed by atoms with Gasteiger partial charge in [-0.25, -0.2) is 0 Å². The second kappa shape index (κ2) is 6.75. The highest BCUT2D eigenvalue weighted by molar-refractivity contribution is 5.86. The van der Waals surface area contributed by atoms with Crippen molar-refractivity contribution in [2.75, 3.05) is 14.1 Å². The maximum Gasteiger partial charge on any atom is 0.318 e. The van der Waals surface area contributed by atoms with Crippen molar-refractivity contribution in [2.45, 2.75) is 24.8 Å². The van der Waals surface area contributed by atoms with Crippen LogP contribution in [0.3, 0.4) is 0 Å². The number of hydrogen-bond acceptors (Lipinski definition) is 2. The average molecular weight is 297 g/mol. The van der Waals surface area contributed by atoms with Crippen molar-refractivity contribution in [2.24, 2.45) is 0 Å². The van der Waals surface area contributed by atoms with Crippen molar-refractivity contribution in [3.8, 4) is 0 Å². The van der Waals surface area contributed by atoms with E-state index < -0.39 is 11.4 Å². The number of benzene rings is 2. The Morgan fingerprint density at radius 2 is 1.41 bits per heavy atom.